The Bertz CT molecular complexity index is 972. The summed E-state index contributed by atoms with van der Waals surface area (Å²) in [7, 11) is -1.81. The van der Waals surface area contributed by atoms with Crippen molar-refractivity contribution in [1.29, 1.82) is 0 Å². The molecule has 4 rings (SSSR count). The molecule has 4 aromatic carbocycles. The molecule has 0 aliphatic rings. The molecule has 0 N–H and O–H groups in total. The maximum Gasteiger partial charge on any atom is 0.116 e. The number of hydrogen-bond acceptors (Lipinski definition) is 0. The van der Waals surface area contributed by atoms with Crippen LogP contribution in [0.2, 0.25) is 0 Å². The Morgan fingerprint density at radius 1 is 0.464 bits per heavy atom. The minimum Gasteiger partial charge on any atom is -0.0622 e. The predicted molar refractivity (Wildman–Crippen MR) is 125 cm³/mol. The third-order valence-corrected chi connectivity index (χ3v) is 9.79. The SMILES string of the molecule is Cc1ccc([P+](Cc2ccccc2)(c2ccccc2)c2ccc(C)cc2)cc1. The molecule has 0 aliphatic heterocycles. The average molecular weight is 381 g/mol. The van der Waals surface area contributed by atoms with Crippen LogP contribution < -0.4 is 15.9 Å². The maximum atomic E-state index is 2.35. The van der Waals surface area contributed by atoms with Crippen molar-refractivity contribution < 1.29 is 0 Å². The second kappa shape index (κ2) is 8.13. The van der Waals surface area contributed by atoms with Crippen molar-refractivity contribution in [2.75, 3.05) is 0 Å². The quantitative estimate of drug-likeness (QED) is 0.383. The first kappa shape index (κ1) is 18.7. The van der Waals surface area contributed by atoms with E-state index in [4.69, 9.17) is 0 Å². The molecule has 28 heavy (non-hydrogen) atoms. The van der Waals surface area contributed by atoms with Crippen molar-refractivity contribution in [1.82, 2.24) is 0 Å². The summed E-state index contributed by atoms with van der Waals surface area (Å²) in [4.78, 5) is 0. The van der Waals surface area contributed by atoms with Crippen molar-refractivity contribution >= 4 is 23.2 Å². The van der Waals surface area contributed by atoms with Crippen molar-refractivity contribution in [3.63, 3.8) is 0 Å². The fourth-order valence-corrected chi connectivity index (χ4v) is 8.06. The summed E-state index contributed by atoms with van der Waals surface area (Å²) in [6.45, 7) is 4.32. The van der Waals surface area contributed by atoms with Crippen molar-refractivity contribution in [3.8, 4) is 0 Å². The molecule has 0 amide bonds. The van der Waals surface area contributed by atoms with Gasteiger partial charge in [0.2, 0.25) is 0 Å². The van der Waals surface area contributed by atoms with Crippen molar-refractivity contribution in [2.45, 2.75) is 20.0 Å². The molecule has 0 radical (unpaired) electrons. The zero-order valence-corrected chi connectivity index (χ0v) is 17.4. The summed E-state index contributed by atoms with van der Waals surface area (Å²) in [6, 6.07) is 40.4. The minimum atomic E-state index is -1.81. The number of benzene rings is 4. The van der Waals surface area contributed by atoms with E-state index >= 15 is 0 Å². The lowest BCUT2D eigenvalue weighted by atomic mass is 10.2. The third kappa shape index (κ3) is 3.66. The molecule has 0 aliphatic carbocycles. The first-order chi connectivity index (χ1) is 13.7. The van der Waals surface area contributed by atoms with Crippen LogP contribution >= 0.6 is 7.26 Å². The van der Waals surface area contributed by atoms with Crippen LogP contribution in [-0.2, 0) is 6.16 Å². The van der Waals surface area contributed by atoms with E-state index in [1.54, 1.807) is 0 Å². The number of hydrogen-bond donors (Lipinski definition) is 0. The van der Waals surface area contributed by atoms with Gasteiger partial charge in [0.1, 0.15) is 23.2 Å². The van der Waals surface area contributed by atoms with E-state index in [0.29, 0.717) is 0 Å². The highest BCUT2D eigenvalue weighted by Gasteiger charge is 2.45. The van der Waals surface area contributed by atoms with Crippen molar-refractivity contribution in [2.24, 2.45) is 0 Å². The van der Waals surface area contributed by atoms with Crippen LogP contribution in [0, 0.1) is 13.8 Å². The fraction of sp³-hybridized carbons (Fsp3) is 0.111. The van der Waals surface area contributed by atoms with Crippen LogP contribution in [0.25, 0.3) is 0 Å². The second-order valence-corrected chi connectivity index (χ2v) is 10.9. The van der Waals surface area contributed by atoms with Crippen LogP contribution in [0.3, 0.4) is 0 Å². The van der Waals surface area contributed by atoms with Crippen LogP contribution in [0.1, 0.15) is 16.7 Å². The summed E-state index contributed by atoms with van der Waals surface area (Å²) < 4.78 is 0. The van der Waals surface area contributed by atoms with Gasteiger partial charge in [-0.05, 0) is 55.8 Å². The molecule has 0 bridgehead atoms. The van der Waals surface area contributed by atoms with Crippen molar-refractivity contribution in [3.05, 3.63) is 126 Å². The summed E-state index contributed by atoms with van der Waals surface area (Å²) >= 11 is 0. The molecule has 0 nitrogen and oxygen atoms in total. The Labute approximate surface area is 169 Å². The molecular formula is C27H26P+. The standard InChI is InChI=1S/C27H26P/c1-22-13-17-26(18-14-22)28(25-11-7-4-8-12-25,21-24-9-5-3-6-10-24)27-19-15-23(2)16-20-27/h3-20H,21H2,1-2H3/q+1. The van der Waals surface area contributed by atoms with Gasteiger partial charge in [-0.3, -0.25) is 0 Å². The van der Waals surface area contributed by atoms with Gasteiger partial charge >= 0.3 is 0 Å². The lowest BCUT2D eigenvalue weighted by molar-refractivity contribution is 1.39. The van der Waals surface area contributed by atoms with Gasteiger partial charge in [0.05, 0.1) is 6.16 Å². The normalized spacial score (nSPS) is 11.4. The van der Waals surface area contributed by atoms with Gasteiger partial charge in [-0.15, -0.1) is 0 Å². The monoisotopic (exact) mass is 381 g/mol. The fourth-order valence-electron chi connectivity index (χ4n) is 3.86. The van der Waals surface area contributed by atoms with Gasteiger partial charge < -0.3 is 0 Å². The molecule has 0 spiro atoms. The molecule has 0 aromatic heterocycles. The molecule has 0 saturated carbocycles. The number of rotatable bonds is 5. The van der Waals surface area contributed by atoms with E-state index in [1.807, 2.05) is 0 Å². The van der Waals surface area contributed by atoms with E-state index < -0.39 is 7.26 Å². The van der Waals surface area contributed by atoms with Gasteiger partial charge in [0.25, 0.3) is 0 Å². The lowest BCUT2D eigenvalue weighted by Crippen LogP contribution is -2.32. The molecule has 0 unspecified atom stereocenters. The van der Waals surface area contributed by atoms with Crippen LogP contribution in [0.4, 0.5) is 0 Å². The highest BCUT2D eigenvalue weighted by Crippen LogP contribution is 2.58. The van der Waals surface area contributed by atoms with Gasteiger partial charge in [-0.1, -0.05) is 83.9 Å². The molecule has 4 aromatic rings. The van der Waals surface area contributed by atoms with E-state index in [2.05, 4.69) is 123 Å². The summed E-state index contributed by atoms with van der Waals surface area (Å²) in [5.41, 5.74) is 4.00. The summed E-state index contributed by atoms with van der Waals surface area (Å²) in [6.07, 6.45) is 1.03. The Hall–Kier alpha value is -2.69. The minimum absolute atomic E-state index is 1.03. The highest BCUT2D eigenvalue weighted by molar-refractivity contribution is 7.95. The van der Waals surface area contributed by atoms with Crippen LogP contribution in [-0.4, -0.2) is 0 Å². The van der Waals surface area contributed by atoms with E-state index in [0.717, 1.165) is 6.16 Å². The Balaban J connectivity index is 2.01. The van der Waals surface area contributed by atoms with Gasteiger partial charge in [0, 0.05) is 0 Å². The van der Waals surface area contributed by atoms with Gasteiger partial charge in [-0.2, -0.15) is 0 Å². The maximum absolute atomic E-state index is 2.35. The molecule has 138 valence electrons. The zero-order valence-electron chi connectivity index (χ0n) is 16.5. The Morgan fingerprint density at radius 2 is 0.857 bits per heavy atom. The lowest BCUT2D eigenvalue weighted by Gasteiger charge is -2.28. The predicted octanol–water partition coefficient (Wildman–Crippen LogP) is 5.80. The second-order valence-electron chi connectivity index (χ2n) is 7.46. The molecule has 1 heteroatoms. The van der Waals surface area contributed by atoms with E-state index in [9.17, 15) is 0 Å². The Morgan fingerprint density at radius 3 is 1.32 bits per heavy atom. The molecule has 0 atom stereocenters. The summed E-state index contributed by atoms with van der Waals surface area (Å²) in [5, 5.41) is 4.32. The van der Waals surface area contributed by atoms with Crippen LogP contribution in [0.15, 0.2) is 109 Å². The van der Waals surface area contributed by atoms with E-state index in [-0.39, 0.29) is 0 Å². The van der Waals surface area contributed by atoms with Crippen LogP contribution in [0.5, 0.6) is 0 Å². The zero-order chi connectivity index (χ0) is 19.4. The summed E-state index contributed by atoms with van der Waals surface area (Å²) in [5.74, 6) is 0. The molecular weight excluding hydrogens is 355 g/mol. The average Bonchev–Trinajstić information content (AvgIpc) is 2.75. The molecule has 0 heterocycles. The van der Waals surface area contributed by atoms with Gasteiger partial charge in [-0.25, -0.2) is 0 Å². The smallest absolute Gasteiger partial charge is 0.0622 e. The highest BCUT2D eigenvalue weighted by atomic mass is 31.2. The molecule has 0 fully saturated rings. The first-order valence-corrected chi connectivity index (χ1v) is 11.8. The Kier molecular flexibility index (Phi) is 5.42. The number of aryl methyl sites for hydroxylation is 2. The first-order valence-electron chi connectivity index (χ1n) is 9.80. The largest absolute Gasteiger partial charge is 0.116 e. The topological polar surface area (TPSA) is 0 Å². The van der Waals surface area contributed by atoms with E-state index in [1.165, 1.54) is 32.6 Å². The molecule has 0 saturated heterocycles. The third-order valence-electron chi connectivity index (χ3n) is 5.41. The van der Waals surface area contributed by atoms with Gasteiger partial charge in [0.15, 0.2) is 0 Å².